The lowest BCUT2D eigenvalue weighted by molar-refractivity contribution is -0.133. The van der Waals surface area contributed by atoms with E-state index in [1.165, 1.54) is 6.42 Å². The SMILES string of the molecule is CC(C)C(=O)N1CCC(F)(C#Cc2ccccn2)C1.CCC. The molecule has 0 saturated carbocycles. The number of carbonyl (C=O) groups excluding carboxylic acids is 1. The molecule has 0 spiro atoms. The van der Waals surface area contributed by atoms with Gasteiger partial charge >= 0.3 is 0 Å². The summed E-state index contributed by atoms with van der Waals surface area (Å²) in [5.74, 6) is 5.25. The number of alkyl halides is 1. The van der Waals surface area contributed by atoms with Crippen LogP contribution < -0.4 is 0 Å². The molecule has 1 atom stereocenters. The first kappa shape index (κ1) is 18.2. The van der Waals surface area contributed by atoms with Crippen molar-refractivity contribution in [1.29, 1.82) is 0 Å². The summed E-state index contributed by atoms with van der Waals surface area (Å²) in [6.07, 6.45) is 3.14. The molecule has 1 aromatic heterocycles. The number of carbonyl (C=O) groups is 1. The molecule has 0 N–H and O–H groups in total. The Bertz CT molecular complexity index is 533. The van der Waals surface area contributed by atoms with Crippen LogP contribution in [0.15, 0.2) is 24.4 Å². The fourth-order valence-corrected chi connectivity index (χ4v) is 2.04. The molecule has 1 unspecified atom stereocenters. The highest BCUT2D eigenvalue weighted by atomic mass is 19.1. The summed E-state index contributed by atoms with van der Waals surface area (Å²) >= 11 is 0. The number of halogens is 1. The highest BCUT2D eigenvalue weighted by Crippen LogP contribution is 2.26. The molecule has 4 heteroatoms. The summed E-state index contributed by atoms with van der Waals surface area (Å²) in [7, 11) is 0. The molecule has 2 heterocycles. The van der Waals surface area contributed by atoms with Crippen LogP contribution in [0.25, 0.3) is 0 Å². The van der Waals surface area contributed by atoms with Gasteiger partial charge in [0.25, 0.3) is 0 Å². The minimum Gasteiger partial charge on any atom is -0.338 e. The van der Waals surface area contributed by atoms with Crippen LogP contribution in [-0.4, -0.2) is 34.5 Å². The lowest BCUT2D eigenvalue weighted by atomic mass is 10.1. The van der Waals surface area contributed by atoms with Crippen molar-refractivity contribution >= 4 is 5.91 Å². The van der Waals surface area contributed by atoms with Gasteiger partial charge in [0.1, 0.15) is 5.69 Å². The topological polar surface area (TPSA) is 33.2 Å². The van der Waals surface area contributed by atoms with Crippen LogP contribution in [-0.2, 0) is 4.79 Å². The van der Waals surface area contributed by atoms with Crippen LogP contribution in [0.2, 0.25) is 0 Å². The summed E-state index contributed by atoms with van der Waals surface area (Å²) < 4.78 is 14.5. The molecule has 0 aromatic carbocycles. The second-order valence-corrected chi connectivity index (χ2v) is 5.80. The van der Waals surface area contributed by atoms with Gasteiger partial charge in [0.05, 0.1) is 6.54 Å². The Balaban J connectivity index is 0.000000745. The number of pyridine rings is 1. The lowest BCUT2D eigenvalue weighted by Gasteiger charge is -2.19. The predicted octanol–water partition coefficient (Wildman–Crippen LogP) is 3.45. The zero-order chi connectivity index (χ0) is 16.6. The van der Waals surface area contributed by atoms with E-state index in [1.807, 2.05) is 19.9 Å². The Morgan fingerprint density at radius 3 is 2.68 bits per heavy atom. The van der Waals surface area contributed by atoms with E-state index in [0.29, 0.717) is 12.2 Å². The van der Waals surface area contributed by atoms with E-state index in [0.717, 1.165) is 0 Å². The van der Waals surface area contributed by atoms with Gasteiger partial charge in [-0.2, -0.15) is 0 Å². The highest BCUT2D eigenvalue weighted by molar-refractivity contribution is 5.78. The van der Waals surface area contributed by atoms with Crippen molar-refractivity contribution in [3.8, 4) is 11.8 Å². The normalized spacial score (nSPS) is 20.0. The van der Waals surface area contributed by atoms with Gasteiger partial charge in [-0.25, -0.2) is 9.37 Å². The Morgan fingerprint density at radius 2 is 2.14 bits per heavy atom. The van der Waals surface area contributed by atoms with E-state index in [9.17, 15) is 9.18 Å². The van der Waals surface area contributed by atoms with E-state index < -0.39 is 5.67 Å². The van der Waals surface area contributed by atoms with Gasteiger partial charge in [0.15, 0.2) is 5.67 Å². The van der Waals surface area contributed by atoms with Crippen molar-refractivity contribution in [3.05, 3.63) is 30.1 Å². The number of hydrogen-bond acceptors (Lipinski definition) is 2. The molecule has 2 rings (SSSR count). The van der Waals surface area contributed by atoms with Crippen molar-refractivity contribution in [3.63, 3.8) is 0 Å². The molecule has 22 heavy (non-hydrogen) atoms. The van der Waals surface area contributed by atoms with Crippen LogP contribution in [0.5, 0.6) is 0 Å². The Labute approximate surface area is 132 Å². The maximum absolute atomic E-state index is 14.5. The first-order valence-corrected chi connectivity index (χ1v) is 7.83. The zero-order valence-corrected chi connectivity index (χ0v) is 13.9. The standard InChI is InChI=1S/C15H17FN2O.C3H8/c1-12(2)14(19)18-10-8-15(16,11-18)7-6-13-5-3-4-9-17-13;1-3-2/h3-5,9,12H,8,10-11H2,1-2H3;3H2,1-2H3. The van der Waals surface area contributed by atoms with Gasteiger partial charge in [0, 0.05) is 25.1 Å². The van der Waals surface area contributed by atoms with E-state index in [4.69, 9.17) is 0 Å². The van der Waals surface area contributed by atoms with Gasteiger partial charge in [-0.3, -0.25) is 4.79 Å². The third kappa shape index (κ3) is 5.48. The van der Waals surface area contributed by atoms with Gasteiger partial charge in [-0.15, -0.1) is 0 Å². The summed E-state index contributed by atoms with van der Waals surface area (Å²) in [6.45, 7) is 8.38. The molecule has 0 aliphatic carbocycles. The molecular weight excluding hydrogens is 279 g/mol. The highest BCUT2D eigenvalue weighted by Gasteiger charge is 2.39. The average Bonchev–Trinajstić information content (AvgIpc) is 2.89. The second-order valence-electron chi connectivity index (χ2n) is 5.80. The minimum absolute atomic E-state index is 0.0147. The van der Waals surface area contributed by atoms with Crippen LogP contribution in [0, 0.1) is 17.8 Å². The van der Waals surface area contributed by atoms with E-state index in [-0.39, 0.29) is 24.8 Å². The van der Waals surface area contributed by atoms with Crippen LogP contribution in [0.4, 0.5) is 4.39 Å². The Morgan fingerprint density at radius 1 is 1.45 bits per heavy atom. The van der Waals surface area contributed by atoms with Crippen molar-refractivity contribution in [1.82, 2.24) is 9.88 Å². The number of likely N-dealkylation sites (tertiary alicyclic amines) is 1. The maximum atomic E-state index is 14.5. The molecule has 0 bridgehead atoms. The first-order chi connectivity index (χ1) is 10.4. The van der Waals surface area contributed by atoms with Crippen LogP contribution in [0.1, 0.15) is 46.2 Å². The van der Waals surface area contributed by atoms with Crippen molar-refractivity contribution < 1.29 is 9.18 Å². The summed E-state index contributed by atoms with van der Waals surface area (Å²) in [6, 6.07) is 5.34. The quantitative estimate of drug-likeness (QED) is 0.745. The predicted molar refractivity (Wildman–Crippen MR) is 87.0 cm³/mol. The zero-order valence-electron chi connectivity index (χ0n) is 13.9. The van der Waals surface area contributed by atoms with Crippen LogP contribution >= 0.6 is 0 Å². The van der Waals surface area contributed by atoms with E-state index in [1.54, 1.807) is 23.2 Å². The van der Waals surface area contributed by atoms with Crippen molar-refractivity contribution in [2.24, 2.45) is 5.92 Å². The number of hydrogen-bond donors (Lipinski definition) is 0. The smallest absolute Gasteiger partial charge is 0.225 e. The molecule has 1 aliphatic rings. The number of nitrogens with zero attached hydrogens (tertiary/aromatic N) is 2. The molecule has 3 nitrogen and oxygen atoms in total. The third-order valence-electron chi connectivity index (χ3n) is 3.10. The molecule has 120 valence electrons. The first-order valence-electron chi connectivity index (χ1n) is 7.83. The van der Waals surface area contributed by atoms with E-state index >= 15 is 0 Å². The van der Waals surface area contributed by atoms with Crippen molar-refractivity contribution in [2.75, 3.05) is 13.1 Å². The maximum Gasteiger partial charge on any atom is 0.225 e. The Hall–Kier alpha value is -1.89. The lowest BCUT2D eigenvalue weighted by Crippen LogP contribution is -2.35. The number of amides is 1. The molecule has 1 amide bonds. The molecule has 1 saturated heterocycles. The number of rotatable bonds is 1. The van der Waals surface area contributed by atoms with Crippen LogP contribution in [0.3, 0.4) is 0 Å². The molecule has 1 fully saturated rings. The monoisotopic (exact) mass is 304 g/mol. The Kier molecular flexibility index (Phi) is 7.04. The van der Waals surface area contributed by atoms with Gasteiger partial charge in [-0.1, -0.05) is 46.1 Å². The average molecular weight is 304 g/mol. The summed E-state index contributed by atoms with van der Waals surface area (Å²) in [4.78, 5) is 17.4. The summed E-state index contributed by atoms with van der Waals surface area (Å²) in [5, 5.41) is 0. The summed E-state index contributed by atoms with van der Waals surface area (Å²) in [5.41, 5.74) is -1.06. The van der Waals surface area contributed by atoms with Crippen molar-refractivity contribution in [2.45, 2.75) is 46.2 Å². The molecule has 0 radical (unpaired) electrons. The van der Waals surface area contributed by atoms with E-state index in [2.05, 4.69) is 30.7 Å². The largest absolute Gasteiger partial charge is 0.338 e. The third-order valence-corrected chi connectivity index (χ3v) is 3.10. The fraction of sp³-hybridized carbons (Fsp3) is 0.556. The fourth-order valence-electron chi connectivity index (χ4n) is 2.04. The van der Waals surface area contributed by atoms with Gasteiger partial charge in [-0.05, 0) is 18.1 Å². The second kappa shape index (κ2) is 8.53. The molecule has 1 aromatic rings. The van der Waals surface area contributed by atoms with Gasteiger partial charge < -0.3 is 4.90 Å². The molecular formula is C18H25FN2O. The minimum atomic E-state index is -1.61. The van der Waals surface area contributed by atoms with Gasteiger partial charge in [0.2, 0.25) is 5.91 Å². The number of aromatic nitrogens is 1. The molecule has 1 aliphatic heterocycles.